The number of amides is 1. The van der Waals surface area contributed by atoms with Crippen molar-refractivity contribution in [1.82, 2.24) is 5.32 Å². The molecule has 3 unspecified atom stereocenters. The van der Waals surface area contributed by atoms with E-state index in [9.17, 15) is 19.8 Å². The predicted octanol–water partition coefficient (Wildman–Crippen LogP) is 13.1. The van der Waals surface area contributed by atoms with E-state index in [0.717, 1.165) is 103 Å². The van der Waals surface area contributed by atoms with Gasteiger partial charge >= 0.3 is 5.97 Å². The van der Waals surface area contributed by atoms with E-state index >= 15 is 0 Å². The Balaban J connectivity index is 4.57. The lowest BCUT2D eigenvalue weighted by Gasteiger charge is -2.24. The van der Waals surface area contributed by atoms with Crippen molar-refractivity contribution in [1.29, 1.82) is 0 Å². The standard InChI is InChI=1S/C48H87NO5/c1-4-7-10-13-16-19-21-23-24-26-29-32-35-38-41-48(53)54-44(39-36-33-30-27-18-15-12-9-6-3)42-47(52)49-45(43-50)46(51)40-37-34-31-28-25-22-20-17-14-11-8-5-2/h7,10,15-16,18-19,23-24,44-46,50-51H,4-6,8-9,11-14,17,20-22,25-43H2,1-3H3,(H,49,52)/b10-7+,18-15-,19-16+,24-23+. The molecule has 0 bridgehead atoms. The molecule has 0 heterocycles. The summed E-state index contributed by atoms with van der Waals surface area (Å²) in [7, 11) is 0. The maximum Gasteiger partial charge on any atom is 0.306 e. The van der Waals surface area contributed by atoms with E-state index in [4.69, 9.17) is 4.74 Å². The second kappa shape index (κ2) is 42.0. The molecule has 6 heteroatoms. The molecule has 0 aliphatic carbocycles. The molecule has 0 aromatic rings. The molecule has 0 aliphatic rings. The number of ether oxygens (including phenoxy) is 1. The number of aliphatic hydroxyl groups is 2. The van der Waals surface area contributed by atoms with Crippen molar-refractivity contribution in [2.75, 3.05) is 6.61 Å². The van der Waals surface area contributed by atoms with Crippen LogP contribution in [0.2, 0.25) is 0 Å². The highest BCUT2D eigenvalue weighted by Crippen LogP contribution is 2.17. The quantitative estimate of drug-likeness (QED) is 0.0329. The normalized spacial score (nSPS) is 13.8. The maximum absolute atomic E-state index is 13.1. The first kappa shape index (κ1) is 51.8. The van der Waals surface area contributed by atoms with Gasteiger partial charge in [-0.3, -0.25) is 9.59 Å². The monoisotopic (exact) mass is 758 g/mol. The van der Waals surface area contributed by atoms with Crippen molar-refractivity contribution in [3.63, 3.8) is 0 Å². The van der Waals surface area contributed by atoms with Gasteiger partial charge < -0.3 is 20.3 Å². The summed E-state index contributed by atoms with van der Waals surface area (Å²) in [5, 5.41) is 23.6. The summed E-state index contributed by atoms with van der Waals surface area (Å²) in [5.74, 6) is -0.519. The predicted molar refractivity (Wildman–Crippen MR) is 232 cm³/mol. The van der Waals surface area contributed by atoms with Crippen molar-refractivity contribution >= 4 is 11.9 Å². The van der Waals surface area contributed by atoms with E-state index in [1.54, 1.807) is 0 Å². The molecule has 0 saturated carbocycles. The summed E-state index contributed by atoms with van der Waals surface area (Å²) in [4.78, 5) is 25.9. The molecule has 0 spiro atoms. The SMILES string of the molecule is CC/C=C/C/C=C/C/C=C/CCCCCCC(=O)OC(CCCCC/C=C\CCCC)CC(=O)NC(CO)C(O)CCCCCCCCCCCCCC. The Morgan fingerprint density at radius 1 is 0.556 bits per heavy atom. The number of allylic oxidation sites excluding steroid dienone is 8. The molecule has 0 aromatic heterocycles. The lowest BCUT2D eigenvalue weighted by Crippen LogP contribution is -2.46. The number of hydrogen-bond acceptors (Lipinski definition) is 5. The third-order valence-electron chi connectivity index (χ3n) is 10.1. The topological polar surface area (TPSA) is 95.9 Å². The van der Waals surface area contributed by atoms with Gasteiger partial charge in [-0.15, -0.1) is 0 Å². The van der Waals surface area contributed by atoms with Crippen LogP contribution in [-0.2, 0) is 14.3 Å². The summed E-state index contributed by atoms with van der Waals surface area (Å²) in [6.45, 7) is 6.30. The van der Waals surface area contributed by atoms with Crippen LogP contribution in [0.5, 0.6) is 0 Å². The Labute approximate surface area is 334 Å². The number of aliphatic hydroxyl groups excluding tert-OH is 2. The fourth-order valence-electron chi connectivity index (χ4n) is 6.66. The molecule has 0 rings (SSSR count). The molecule has 0 radical (unpaired) electrons. The van der Waals surface area contributed by atoms with Gasteiger partial charge in [0.25, 0.3) is 0 Å². The molecule has 1 amide bonds. The minimum Gasteiger partial charge on any atom is -0.462 e. The molecular formula is C48H87NO5. The average molecular weight is 758 g/mol. The Morgan fingerprint density at radius 3 is 1.61 bits per heavy atom. The van der Waals surface area contributed by atoms with Gasteiger partial charge in [-0.1, -0.05) is 179 Å². The molecule has 314 valence electrons. The first-order chi connectivity index (χ1) is 26.5. The van der Waals surface area contributed by atoms with Crippen LogP contribution in [0.25, 0.3) is 0 Å². The van der Waals surface area contributed by atoms with Crippen LogP contribution < -0.4 is 5.32 Å². The zero-order chi connectivity index (χ0) is 39.6. The summed E-state index contributed by atoms with van der Waals surface area (Å²) in [5.41, 5.74) is 0. The summed E-state index contributed by atoms with van der Waals surface area (Å²) in [6.07, 6.45) is 48.9. The first-order valence-corrected chi connectivity index (χ1v) is 22.9. The van der Waals surface area contributed by atoms with Crippen molar-refractivity contribution in [3.05, 3.63) is 48.6 Å². The van der Waals surface area contributed by atoms with Crippen molar-refractivity contribution in [3.8, 4) is 0 Å². The van der Waals surface area contributed by atoms with Gasteiger partial charge in [0.05, 0.1) is 25.2 Å². The van der Waals surface area contributed by atoms with Gasteiger partial charge in [-0.05, 0) is 77.0 Å². The molecule has 6 nitrogen and oxygen atoms in total. The second-order valence-electron chi connectivity index (χ2n) is 15.4. The van der Waals surface area contributed by atoms with Gasteiger partial charge in [0.15, 0.2) is 0 Å². The van der Waals surface area contributed by atoms with Gasteiger partial charge in [-0.25, -0.2) is 0 Å². The smallest absolute Gasteiger partial charge is 0.306 e. The Hall–Kier alpha value is -2.18. The second-order valence-corrected chi connectivity index (χ2v) is 15.4. The number of nitrogens with one attached hydrogen (secondary N) is 1. The van der Waals surface area contributed by atoms with E-state index in [2.05, 4.69) is 74.7 Å². The van der Waals surface area contributed by atoms with Crippen LogP contribution in [0, 0.1) is 0 Å². The van der Waals surface area contributed by atoms with Crippen LogP contribution >= 0.6 is 0 Å². The maximum atomic E-state index is 13.1. The molecule has 3 N–H and O–H groups in total. The zero-order valence-corrected chi connectivity index (χ0v) is 35.6. The Morgan fingerprint density at radius 2 is 1.02 bits per heavy atom. The molecule has 3 atom stereocenters. The number of carbonyl (C=O) groups is 2. The average Bonchev–Trinajstić information content (AvgIpc) is 3.16. The van der Waals surface area contributed by atoms with E-state index in [1.807, 2.05) is 0 Å². The summed E-state index contributed by atoms with van der Waals surface area (Å²) >= 11 is 0. The number of rotatable bonds is 40. The zero-order valence-electron chi connectivity index (χ0n) is 35.6. The van der Waals surface area contributed by atoms with E-state index in [1.165, 1.54) is 70.6 Å². The molecule has 0 fully saturated rings. The third-order valence-corrected chi connectivity index (χ3v) is 10.1. The third kappa shape index (κ3) is 36.8. The molecule has 0 aromatic carbocycles. The van der Waals surface area contributed by atoms with Crippen LogP contribution in [0.1, 0.15) is 220 Å². The fourth-order valence-corrected chi connectivity index (χ4v) is 6.66. The minimum absolute atomic E-state index is 0.0570. The molecule has 54 heavy (non-hydrogen) atoms. The van der Waals surface area contributed by atoms with Gasteiger partial charge in [0, 0.05) is 6.42 Å². The molecule has 0 saturated heterocycles. The van der Waals surface area contributed by atoms with Crippen molar-refractivity contribution in [2.24, 2.45) is 0 Å². The minimum atomic E-state index is -0.793. The van der Waals surface area contributed by atoms with Gasteiger partial charge in [-0.2, -0.15) is 0 Å². The van der Waals surface area contributed by atoms with E-state index in [-0.39, 0.29) is 24.9 Å². The van der Waals surface area contributed by atoms with Crippen LogP contribution in [0.15, 0.2) is 48.6 Å². The van der Waals surface area contributed by atoms with E-state index in [0.29, 0.717) is 19.3 Å². The number of hydrogen-bond donors (Lipinski definition) is 3. The highest BCUT2D eigenvalue weighted by atomic mass is 16.5. The van der Waals surface area contributed by atoms with Gasteiger partial charge in [0.2, 0.25) is 5.91 Å². The van der Waals surface area contributed by atoms with Crippen LogP contribution in [0.3, 0.4) is 0 Å². The highest BCUT2D eigenvalue weighted by Gasteiger charge is 2.24. The lowest BCUT2D eigenvalue weighted by molar-refractivity contribution is -0.151. The first-order valence-electron chi connectivity index (χ1n) is 22.9. The number of esters is 1. The Kier molecular flexibility index (Phi) is 40.3. The lowest BCUT2D eigenvalue weighted by atomic mass is 10.0. The molecular weight excluding hydrogens is 671 g/mol. The van der Waals surface area contributed by atoms with E-state index < -0.39 is 18.2 Å². The van der Waals surface area contributed by atoms with Crippen LogP contribution in [-0.4, -0.2) is 46.9 Å². The summed E-state index contributed by atoms with van der Waals surface area (Å²) in [6, 6.07) is -0.708. The highest BCUT2D eigenvalue weighted by molar-refractivity contribution is 5.77. The van der Waals surface area contributed by atoms with Crippen LogP contribution in [0.4, 0.5) is 0 Å². The number of carbonyl (C=O) groups excluding carboxylic acids is 2. The van der Waals surface area contributed by atoms with Crippen molar-refractivity contribution in [2.45, 2.75) is 238 Å². The summed E-state index contributed by atoms with van der Waals surface area (Å²) < 4.78 is 5.87. The largest absolute Gasteiger partial charge is 0.462 e. The van der Waals surface area contributed by atoms with Crippen molar-refractivity contribution < 1.29 is 24.5 Å². The Bertz CT molecular complexity index is 941. The van der Waals surface area contributed by atoms with Gasteiger partial charge in [0.1, 0.15) is 6.10 Å². The fraction of sp³-hybridized carbons (Fsp3) is 0.792. The molecule has 0 aliphatic heterocycles. The number of unbranched alkanes of at least 4 members (excludes halogenated alkanes) is 20.